The summed E-state index contributed by atoms with van der Waals surface area (Å²) >= 11 is 9.04. The van der Waals surface area contributed by atoms with Crippen LogP contribution >= 0.6 is 27.5 Å². The molecule has 2 aromatic carbocycles. The Balaban J connectivity index is 2.52. The number of alkyl halides is 1. The van der Waals surface area contributed by atoms with Crippen molar-refractivity contribution >= 4 is 55.9 Å². The lowest BCUT2D eigenvalue weighted by atomic mass is 10.2. The van der Waals surface area contributed by atoms with Gasteiger partial charge in [-0.25, -0.2) is 13.5 Å². The van der Waals surface area contributed by atoms with Crippen LogP contribution in [0.4, 0.5) is 11.4 Å². The Morgan fingerprint density at radius 3 is 2.71 bits per heavy atom. The van der Waals surface area contributed by atoms with Gasteiger partial charge < -0.3 is 10.8 Å². The number of phenolic OH excluding ortho intramolecular Hbond substituents is 1. The molecular weight excluding hydrogens is 416 g/mol. The maximum atomic E-state index is 12.3. The zero-order chi connectivity index (χ0) is 17.7. The highest BCUT2D eigenvalue weighted by atomic mass is 79.9. The van der Waals surface area contributed by atoms with Gasteiger partial charge in [-0.2, -0.15) is 5.26 Å². The van der Waals surface area contributed by atoms with E-state index in [0.717, 1.165) is 4.31 Å². The summed E-state index contributed by atoms with van der Waals surface area (Å²) in [5.41, 5.74) is 6.92. The Morgan fingerprint density at radius 2 is 2.12 bits per heavy atom. The third kappa shape index (κ3) is 4.06. The highest BCUT2D eigenvalue weighted by Gasteiger charge is 2.21. The number of halogens is 2. The SMILES string of the molecule is N#Cc1ccc(N(C(N)=Nc2ccccc2Br)S(=O)CCl)c(O)c1. The van der Waals surface area contributed by atoms with Crippen LogP contribution in [-0.4, -0.2) is 20.5 Å². The van der Waals surface area contributed by atoms with Crippen molar-refractivity contribution < 1.29 is 9.32 Å². The van der Waals surface area contributed by atoms with Crippen LogP contribution in [0, 0.1) is 11.3 Å². The Bertz CT molecular complexity index is 854. The molecule has 24 heavy (non-hydrogen) atoms. The molecule has 0 saturated heterocycles. The molecule has 0 radical (unpaired) electrons. The quantitative estimate of drug-likeness (QED) is 0.444. The van der Waals surface area contributed by atoms with Gasteiger partial charge in [-0.15, -0.1) is 11.6 Å². The number of guanidine groups is 1. The van der Waals surface area contributed by atoms with Gasteiger partial charge >= 0.3 is 0 Å². The second kappa shape index (κ2) is 8.15. The molecule has 0 bridgehead atoms. The molecule has 1 atom stereocenters. The first-order chi connectivity index (χ1) is 11.5. The van der Waals surface area contributed by atoms with Gasteiger partial charge in [0, 0.05) is 4.47 Å². The van der Waals surface area contributed by atoms with E-state index in [1.54, 1.807) is 18.2 Å². The lowest BCUT2D eigenvalue weighted by molar-refractivity contribution is 0.477. The van der Waals surface area contributed by atoms with Crippen molar-refractivity contribution in [2.75, 3.05) is 9.52 Å². The highest BCUT2D eigenvalue weighted by molar-refractivity contribution is 9.10. The van der Waals surface area contributed by atoms with E-state index in [1.165, 1.54) is 18.2 Å². The molecule has 0 aliphatic rings. The van der Waals surface area contributed by atoms with Crippen LogP contribution < -0.4 is 10.0 Å². The molecule has 2 rings (SSSR count). The summed E-state index contributed by atoms with van der Waals surface area (Å²) in [4.78, 5) is 4.23. The van der Waals surface area contributed by atoms with Gasteiger partial charge in [-0.05, 0) is 46.3 Å². The van der Waals surface area contributed by atoms with Crippen molar-refractivity contribution in [3.05, 3.63) is 52.5 Å². The zero-order valence-electron chi connectivity index (χ0n) is 12.2. The summed E-state index contributed by atoms with van der Waals surface area (Å²) in [6.45, 7) is 0. The number of aromatic hydroxyl groups is 1. The van der Waals surface area contributed by atoms with Crippen molar-refractivity contribution in [2.24, 2.45) is 10.7 Å². The predicted molar refractivity (Wildman–Crippen MR) is 99.6 cm³/mol. The normalized spacial score (nSPS) is 12.5. The van der Waals surface area contributed by atoms with Gasteiger partial charge in [-0.3, -0.25) is 0 Å². The summed E-state index contributed by atoms with van der Waals surface area (Å²) in [6, 6.07) is 13.2. The fraction of sp³-hybridized carbons (Fsp3) is 0.0667. The van der Waals surface area contributed by atoms with Gasteiger partial charge in [0.15, 0.2) is 0 Å². The molecule has 0 aliphatic heterocycles. The Labute approximate surface area is 154 Å². The van der Waals surface area contributed by atoms with E-state index in [2.05, 4.69) is 20.9 Å². The molecule has 0 spiro atoms. The number of anilines is 1. The van der Waals surface area contributed by atoms with Crippen LogP contribution in [0.5, 0.6) is 5.75 Å². The van der Waals surface area contributed by atoms with Crippen LogP contribution in [0.3, 0.4) is 0 Å². The average molecular weight is 428 g/mol. The lowest BCUT2D eigenvalue weighted by Gasteiger charge is -2.22. The van der Waals surface area contributed by atoms with E-state index >= 15 is 0 Å². The van der Waals surface area contributed by atoms with E-state index in [4.69, 9.17) is 22.6 Å². The summed E-state index contributed by atoms with van der Waals surface area (Å²) in [5.74, 6) is -0.362. The molecule has 6 nitrogen and oxygen atoms in total. The molecule has 124 valence electrons. The summed E-state index contributed by atoms with van der Waals surface area (Å²) in [5, 5.41) is 18.7. The van der Waals surface area contributed by atoms with Crippen LogP contribution in [0.2, 0.25) is 0 Å². The average Bonchev–Trinajstić information content (AvgIpc) is 2.58. The molecule has 0 saturated carbocycles. The number of nitrogens with two attached hydrogens (primary N) is 1. The fourth-order valence-electron chi connectivity index (χ4n) is 1.86. The summed E-state index contributed by atoms with van der Waals surface area (Å²) in [6.07, 6.45) is 0. The minimum atomic E-state index is -1.76. The van der Waals surface area contributed by atoms with E-state index < -0.39 is 11.0 Å². The first-order valence-electron chi connectivity index (χ1n) is 6.54. The second-order valence-corrected chi connectivity index (χ2v) is 7.20. The summed E-state index contributed by atoms with van der Waals surface area (Å²) < 4.78 is 14.1. The lowest BCUT2D eigenvalue weighted by Crippen LogP contribution is -2.39. The monoisotopic (exact) mass is 426 g/mol. The molecule has 0 aromatic heterocycles. The fourth-order valence-corrected chi connectivity index (χ4v) is 3.25. The number of benzene rings is 2. The van der Waals surface area contributed by atoms with E-state index in [1.807, 2.05) is 12.1 Å². The topological polar surface area (TPSA) is 103 Å². The molecule has 0 aliphatic carbocycles. The molecule has 0 fully saturated rings. The third-order valence-electron chi connectivity index (χ3n) is 2.92. The smallest absolute Gasteiger partial charge is 0.213 e. The summed E-state index contributed by atoms with van der Waals surface area (Å²) in [7, 11) is -1.76. The minimum absolute atomic E-state index is 0.110. The van der Waals surface area contributed by atoms with Gasteiger partial charge in [0.25, 0.3) is 0 Å². The predicted octanol–water partition coefficient (Wildman–Crippen LogP) is 3.34. The molecule has 0 amide bonds. The van der Waals surface area contributed by atoms with Crippen molar-refractivity contribution in [2.45, 2.75) is 0 Å². The highest BCUT2D eigenvalue weighted by Crippen LogP contribution is 2.31. The van der Waals surface area contributed by atoms with Crippen LogP contribution in [0.25, 0.3) is 0 Å². The van der Waals surface area contributed by atoms with Gasteiger partial charge in [0.1, 0.15) is 21.9 Å². The van der Waals surface area contributed by atoms with Crippen molar-refractivity contribution in [3.8, 4) is 11.8 Å². The Kier molecular flexibility index (Phi) is 6.20. The van der Waals surface area contributed by atoms with Crippen molar-refractivity contribution in [3.63, 3.8) is 0 Å². The molecule has 0 heterocycles. The number of hydrogen-bond acceptors (Lipinski definition) is 4. The van der Waals surface area contributed by atoms with Gasteiger partial charge in [0.05, 0.1) is 23.0 Å². The number of nitrogens with zero attached hydrogens (tertiary/aromatic N) is 3. The van der Waals surface area contributed by atoms with Crippen molar-refractivity contribution in [1.82, 2.24) is 0 Å². The van der Waals surface area contributed by atoms with Gasteiger partial charge in [0.2, 0.25) is 5.96 Å². The van der Waals surface area contributed by atoms with Crippen LogP contribution in [0.15, 0.2) is 51.9 Å². The largest absolute Gasteiger partial charge is 0.506 e. The van der Waals surface area contributed by atoms with E-state index in [9.17, 15) is 9.32 Å². The first-order valence-corrected chi connectivity index (χ1v) is 9.14. The third-order valence-corrected chi connectivity index (χ3v) is 5.12. The number of para-hydroxylation sites is 1. The molecule has 1 unspecified atom stereocenters. The molecular formula is C15H12BrClN4O2S. The van der Waals surface area contributed by atoms with E-state index in [-0.39, 0.29) is 28.2 Å². The minimum Gasteiger partial charge on any atom is -0.506 e. The Hall–Kier alpha value is -2.08. The maximum absolute atomic E-state index is 12.3. The first kappa shape index (κ1) is 18.3. The standard InChI is InChI=1S/C15H12BrClN4O2S/c16-11-3-1-2-4-12(11)20-15(19)21(24(23)9-17)13-6-5-10(8-18)7-14(13)22/h1-7,22H,9H2,(H2,19,20). The number of nitriles is 1. The zero-order valence-corrected chi connectivity index (χ0v) is 15.3. The van der Waals surface area contributed by atoms with Crippen molar-refractivity contribution in [1.29, 1.82) is 5.26 Å². The van der Waals surface area contributed by atoms with Crippen LogP contribution in [-0.2, 0) is 11.0 Å². The Morgan fingerprint density at radius 1 is 1.42 bits per heavy atom. The molecule has 3 N–H and O–H groups in total. The molecule has 2 aromatic rings. The maximum Gasteiger partial charge on any atom is 0.213 e. The molecule has 9 heteroatoms. The number of hydrogen-bond donors (Lipinski definition) is 2. The number of aliphatic imine (C=N–C) groups is 1. The number of phenols is 1. The van der Waals surface area contributed by atoms with E-state index in [0.29, 0.717) is 10.2 Å². The van der Waals surface area contributed by atoms with Crippen LogP contribution in [0.1, 0.15) is 5.56 Å². The number of rotatable bonds is 4. The second-order valence-electron chi connectivity index (χ2n) is 4.46. The van der Waals surface area contributed by atoms with Gasteiger partial charge in [-0.1, -0.05) is 12.1 Å².